The predicted molar refractivity (Wildman–Crippen MR) is 75.4 cm³/mol. The maximum atomic E-state index is 11.5. The second-order valence-electron chi connectivity index (χ2n) is 5.12. The lowest BCUT2D eigenvalue weighted by molar-refractivity contribution is -0.189. The van der Waals surface area contributed by atoms with Gasteiger partial charge < -0.3 is 25.0 Å². The van der Waals surface area contributed by atoms with E-state index < -0.39 is 18.5 Å². The van der Waals surface area contributed by atoms with Crippen LogP contribution >= 0.6 is 0 Å². The molecule has 0 saturated carbocycles. The van der Waals surface area contributed by atoms with Gasteiger partial charge in [-0.05, 0) is 18.4 Å². The van der Waals surface area contributed by atoms with E-state index in [-0.39, 0.29) is 19.1 Å². The van der Waals surface area contributed by atoms with Crippen LogP contribution in [0.15, 0.2) is 30.3 Å². The first-order valence-corrected chi connectivity index (χ1v) is 7.09. The smallest absolute Gasteiger partial charge is 0.407 e. The molecule has 1 aliphatic heterocycles. The maximum absolute atomic E-state index is 11.5. The number of rotatable bonds is 5. The molecule has 0 aliphatic carbocycles. The summed E-state index contributed by atoms with van der Waals surface area (Å²) in [7, 11) is 0. The number of carbonyl (C=O) groups excluding carboxylic acids is 1. The molecule has 1 aliphatic rings. The Morgan fingerprint density at radius 2 is 2.05 bits per heavy atom. The molecule has 1 amide bonds. The molecule has 2 rings (SSSR count). The molecule has 1 fully saturated rings. The molecule has 1 heterocycles. The van der Waals surface area contributed by atoms with Crippen LogP contribution in [0.4, 0.5) is 4.79 Å². The molecule has 6 nitrogen and oxygen atoms in total. The van der Waals surface area contributed by atoms with E-state index in [2.05, 4.69) is 5.32 Å². The molecule has 0 bridgehead atoms. The summed E-state index contributed by atoms with van der Waals surface area (Å²) in [6.45, 7) is 0.599. The van der Waals surface area contributed by atoms with E-state index in [1.165, 1.54) is 0 Å². The largest absolute Gasteiger partial charge is 0.445 e. The molecule has 1 unspecified atom stereocenters. The van der Waals surface area contributed by atoms with E-state index in [4.69, 9.17) is 9.47 Å². The van der Waals surface area contributed by atoms with Gasteiger partial charge in [-0.25, -0.2) is 4.79 Å². The number of hydrogen-bond acceptors (Lipinski definition) is 5. The molecule has 3 N–H and O–H groups in total. The number of nitrogens with one attached hydrogen (secondary N) is 1. The van der Waals surface area contributed by atoms with E-state index in [0.717, 1.165) is 5.56 Å². The third-order valence-electron chi connectivity index (χ3n) is 3.31. The van der Waals surface area contributed by atoms with Crippen molar-refractivity contribution < 1.29 is 24.5 Å². The zero-order valence-corrected chi connectivity index (χ0v) is 11.8. The third kappa shape index (κ3) is 5.71. The molecule has 1 saturated heterocycles. The Balaban J connectivity index is 1.61. The molecule has 116 valence electrons. The Morgan fingerprint density at radius 3 is 2.76 bits per heavy atom. The van der Waals surface area contributed by atoms with Crippen LogP contribution in [-0.4, -0.2) is 41.3 Å². The highest BCUT2D eigenvalue weighted by molar-refractivity contribution is 5.67. The van der Waals surface area contributed by atoms with Crippen LogP contribution in [0.5, 0.6) is 0 Å². The second kappa shape index (κ2) is 7.97. The number of aliphatic hydroxyl groups excluding tert-OH is 2. The SMILES string of the molecule is O=C(NCCC1C[C@@H](O)C[C@@H](O)O1)OCc1ccccc1. The van der Waals surface area contributed by atoms with Crippen molar-refractivity contribution in [2.45, 2.75) is 44.4 Å². The summed E-state index contributed by atoms with van der Waals surface area (Å²) in [5.41, 5.74) is 0.925. The number of aliphatic hydroxyl groups is 2. The van der Waals surface area contributed by atoms with Gasteiger partial charge in [-0.3, -0.25) is 0 Å². The third-order valence-corrected chi connectivity index (χ3v) is 3.31. The van der Waals surface area contributed by atoms with E-state index >= 15 is 0 Å². The monoisotopic (exact) mass is 295 g/mol. The summed E-state index contributed by atoms with van der Waals surface area (Å²) in [6, 6.07) is 9.43. The molecule has 6 heteroatoms. The van der Waals surface area contributed by atoms with Crippen LogP contribution in [0, 0.1) is 0 Å². The first-order valence-electron chi connectivity index (χ1n) is 7.09. The van der Waals surface area contributed by atoms with Gasteiger partial charge in [-0.2, -0.15) is 0 Å². The summed E-state index contributed by atoms with van der Waals surface area (Å²) in [5, 5.41) is 21.5. The van der Waals surface area contributed by atoms with Crippen molar-refractivity contribution in [3.05, 3.63) is 35.9 Å². The van der Waals surface area contributed by atoms with Gasteiger partial charge in [0.05, 0.1) is 12.2 Å². The summed E-state index contributed by atoms with van der Waals surface area (Å²) >= 11 is 0. The first-order chi connectivity index (χ1) is 10.1. The summed E-state index contributed by atoms with van der Waals surface area (Å²) in [5.74, 6) is 0. The van der Waals surface area contributed by atoms with Crippen molar-refractivity contribution in [1.82, 2.24) is 5.32 Å². The molecule has 21 heavy (non-hydrogen) atoms. The van der Waals surface area contributed by atoms with Gasteiger partial charge in [-0.15, -0.1) is 0 Å². The van der Waals surface area contributed by atoms with Crippen molar-refractivity contribution >= 4 is 6.09 Å². The molecule has 0 aromatic heterocycles. The van der Waals surface area contributed by atoms with E-state index in [0.29, 0.717) is 19.4 Å². The molecular formula is C15H21NO5. The maximum Gasteiger partial charge on any atom is 0.407 e. The molecule has 0 radical (unpaired) electrons. The molecule has 1 aromatic rings. The average Bonchev–Trinajstić information content (AvgIpc) is 2.45. The average molecular weight is 295 g/mol. The summed E-state index contributed by atoms with van der Waals surface area (Å²) < 4.78 is 10.3. The fourth-order valence-electron chi connectivity index (χ4n) is 2.26. The predicted octanol–water partition coefficient (Wildman–Crippen LogP) is 1.16. The fraction of sp³-hybridized carbons (Fsp3) is 0.533. The molecule has 1 aromatic carbocycles. The van der Waals surface area contributed by atoms with E-state index in [1.54, 1.807) is 0 Å². The van der Waals surface area contributed by atoms with Crippen molar-refractivity contribution in [3.63, 3.8) is 0 Å². The number of amides is 1. The minimum atomic E-state index is -0.927. The van der Waals surface area contributed by atoms with Gasteiger partial charge in [-0.1, -0.05) is 30.3 Å². The second-order valence-corrected chi connectivity index (χ2v) is 5.12. The van der Waals surface area contributed by atoms with Crippen LogP contribution in [0.3, 0.4) is 0 Å². The Labute approximate surface area is 123 Å². The lowest BCUT2D eigenvalue weighted by Gasteiger charge is -2.30. The van der Waals surface area contributed by atoms with Crippen LogP contribution < -0.4 is 5.32 Å². The fourth-order valence-corrected chi connectivity index (χ4v) is 2.26. The Kier molecular flexibility index (Phi) is 5.98. The highest BCUT2D eigenvalue weighted by Crippen LogP contribution is 2.19. The number of hydrogen-bond donors (Lipinski definition) is 3. The van der Waals surface area contributed by atoms with Crippen LogP contribution in [-0.2, 0) is 16.1 Å². The van der Waals surface area contributed by atoms with E-state index in [1.807, 2.05) is 30.3 Å². The van der Waals surface area contributed by atoms with Gasteiger partial charge in [0, 0.05) is 13.0 Å². The number of carbonyl (C=O) groups is 1. The molecule has 3 atom stereocenters. The molecule has 0 spiro atoms. The van der Waals surface area contributed by atoms with Crippen molar-refractivity contribution in [3.8, 4) is 0 Å². The lowest BCUT2D eigenvalue weighted by atomic mass is 10.0. The van der Waals surface area contributed by atoms with Crippen molar-refractivity contribution in [2.75, 3.05) is 6.54 Å². The van der Waals surface area contributed by atoms with Crippen molar-refractivity contribution in [1.29, 1.82) is 0 Å². The minimum absolute atomic E-state index is 0.226. The van der Waals surface area contributed by atoms with Crippen LogP contribution in [0.25, 0.3) is 0 Å². The number of ether oxygens (including phenoxy) is 2. The Morgan fingerprint density at radius 1 is 1.29 bits per heavy atom. The zero-order chi connectivity index (χ0) is 15.1. The Hall–Kier alpha value is -1.63. The Bertz CT molecular complexity index is 429. The summed E-state index contributed by atoms with van der Waals surface area (Å²) in [6.07, 6.45) is -0.989. The van der Waals surface area contributed by atoms with E-state index in [9.17, 15) is 15.0 Å². The number of benzene rings is 1. The highest BCUT2D eigenvalue weighted by atomic mass is 16.6. The van der Waals surface area contributed by atoms with Crippen molar-refractivity contribution in [2.24, 2.45) is 0 Å². The van der Waals surface area contributed by atoms with Crippen LogP contribution in [0.2, 0.25) is 0 Å². The topological polar surface area (TPSA) is 88.0 Å². The van der Waals surface area contributed by atoms with Gasteiger partial charge in [0.25, 0.3) is 0 Å². The first kappa shape index (κ1) is 15.8. The highest BCUT2D eigenvalue weighted by Gasteiger charge is 2.26. The zero-order valence-electron chi connectivity index (χ0n) is 11.8. The van der Waals surface area contributed by atoms with Crippen LogP contribution in [0.1, 0.15) is 24.8 Å². The van der Waals surface area contributed by atoms with Gasteiger partial charge in [0.15, 0.2) is 6.29 Å². The quantitative estimate of drug-likeness (QED) is 0.758. The normalized spacial score (nSPS) is 25.3. The van der Waals surface area contributed by atoms with Gasteiger partial charge >= 0.3 is 6.09 Å². The van der Waals surface area contributed by atoms with Gasteiger partial charge in [0.2, 0.25) is 0 Å². The lowest BCUT2D eigenvalue weighted by Crippen LogP contribution is -2.37. The standard InChI is InChI=1S/C15H21NO5/c17-12-8-13(21-14(18)9-12)6-7-16-15(19)20-10-11-4-2-1-3-5-11/h1-5,12-14,17-18H,6-10H2,(H,16,19)/t12-,13?,14+/m1/s1. The minimum Gasteiger partial charge on any atom is -0.445 e. The molecular weight excluding hydrogens is 274 g/mol. The van der Waals surface area contributed by atoms with Gasteiger partial charge in [0.1, 0.15) is 6.61 Å². The summed E-state index contributed by atoms with van der Waals surface area (Å²) in [4.78, 5) is 11.5. The number of alkyl carbamates (subject to hydrolysis) is 1.